The standard InChI is InChI=1S/C32H32N4O6S/c1-2-33-32(38)30(21-25-13-6-3-7-14-25)34(23-26-15-8-4-9-16-26)31(37)24-35(27-17-12-18-28(22-27)36(39)40)43(41,42)29-19-10-5-11-20-29/h3-20,22,30H,2,21,23-24H2,1H3,(H,33,38). The topological polar surface area (TPSA) is 130 Å². The summed E-state index contributed by atoms with van der Waals surface area (Å²) in [5, 5.41) is 14.4. The molecule has 0 fully saturated rings. The van der Waals surface area contributed by atoms with Gasteiger partial charge >= 0.3 is 0 Å². The quantitative estimate of drug-likeness (QED) is 0.177. The van der Waals surface area contributed by atoms with Gasteiger partial charge in [0.2, 0.25) is 11.8 Å². The van der Waals surface area contributed by atoms with E-state index in [1.54, 1.807) is 25.1 Å². The van der Waals surface area contributed by atoms with Crippen molar-refractivity contribution in [1.29, 1.82) is 0 Å². The normalized spacial score (nSPS) is 11.7. The van der Waals surface area contributed by atoms with Crippen LogP contribution < -0.4 is 9.62 Å². The minimum atomic E-state index is -4.35. The Bertz CT molecular complexity index is 1650. The average molecular weight is 601 g/mol. The molecule has 4 aromatic rings. The van der Waals surface area contributed by atoms with E-state index in [-0.39, 0.29) is 35.1 Å². The minimum absolute atomic E-state index is 0.0302. The number of hydrogen-bond acceptors (Lipinski definition) is 6. The zero-order valence-corrected chi connectivity index (χ0v) is 24.4. The molecule has 0 heterocycles. The molecule has 1 atom stereocenters. The molecule has 0 saturated carbocycles. The molecule has 0 aromatic heterocycles. The largest absolute Gasteiger partial charge is 0.355 e. The van der Waals surface area contributed by atoms with Gasteiger partial charge in [0.1, 0.15) is 12.6 Å². The number of nitrogens with one attached hydrogen (secondary N) is 1. The fourth-order valence-corrected chi connectivity index (χ4v) is 6.06. The third-order valence-electron chi connectivity index (χ3n) is 6.76. The van der Waals surface area contributed by atoms with Gasteiger partial charge in [-0.3, -0.25) is 24.0 Å². The number of likely N-dealkylation sites (N-methyl/N-ethyl adjacent to an activating group) is 1. The zero-order valence-electron chi connectivity index (χ0n) is 23.6. The van der Waals surface area contributed by atoms with E-state index >= 15 is 0 Å². The van der Waals surface area contributed by atoms with Crippen LogP contribution in [0.1, 0.15) is 18.1 Å². The second-order valence-electron chi connectivity index (χ2n) is 9.71. The Hall–Kier alpha value is -5.03. The Morgan fingerprint density at radius 3 is 2.00 bits per heavy atom. The van der Waals surface area contributed by atoms with Gasteiger partial charge in [-0.25, -0.2) is 8.42 Å². The van der Waals surface area contributed by atoms with Crippen molar-refractivity contribution in [1.82, 2.24) is 10.2 Å². The Kier molecular flexibility index (Phi) is 10.2. The Balaban J connectivity index is 1.80. The number of nitro benzene ring substituents is 1. The van der Waals surface area contributed by atoms with Crippen molar-refractivity contribution in [3.8, 4) is 0 Å². The summed E-state index contributed by atoms with van der Waals surface area (Å²) in [7, 11) is -4.35. The van der Waals surface area contributed by atoms with Crippen LogP contribution in [-0.2, 0) is 32.6 Å². The summed E-state index contributed by atoms with van der Waals surface area (Å²) < 4.78 is 28.7. The van der Waals surface area contributed by atoms with Gasteiger partial charge in [-0.2, -0.15) is 0 Å². The van der Waals surface area contributed by atoms with Crippen molar-refractivity contribution in [2.75, 3.05) is 17.4 Å². The van der Waals surface area contributed by atoms with Crippen molar-refractivity contribution >= 4 is 33.2 Å². The maximum atomic E-state index is 14.3. The summed E-state index contributed by atoms with van der Waals surface area (Å²) in [5.74, 6) is -1.04. The van der Waals surface area contributed by atoms with Crippen LogP contribution in [0.15, 0.2) is 120 Å². The van der Waals surface area contributed by atoms with Gasteiger partial charge in [0.15, 0.2) is 0 Å². The fourth-order valence-electron chi connectivity index (χ4n) is 4.64. The van der Waals surface area contributed by atoms with Crippen LogP contribution in [0.4, 0.5) is 11.4 Å². The van der Waals surface area contributed by atoms with Gasteiger partial charge in [-0.1, -0.05) is 84.9 Å². The number of nitro groups is 1. The molecule has 1 N–H and O–H groups in total. The molecule has 0 radical (unpaired) electrons. The number of non-ortho nitro benzene ring substituents is 1. The number of sulfonamides is 1. The summed E-state index contributed by atoms with van der Waals surface area (Å²) in [4.78, 5) is 39.9. The predicted molar refractivity (Wildman–Crippen MR) is 164 cm³/mol. The Labute approximate surface area is 250 Å². The molecule has 11 heteroatoms. The van der Waals surface area contributed by atoms with Crippen LogP contribution in [-0.4, -0.2) is 49.2 Å². The summed E-state index contributed by atoms with van der Waals surface area (Å²) >= 11 is 0. The molecule has 10 nitrogen and oxygen atoms in total. The molecule has 0 saturated heterocycles. The molecule has 1 unspecified atom stereocenters. The second kappa shape index (κ2) is 14.2. The van der Waals surface area contributed by atoms with Gasteiger partial charge in [0.05, 0.1) is 15.5 Å². The van der Waals surface area contributed by atoms with Crippen molar-refractivity contribution in [2.24, 2.45) is 0 Å². The number of carbonyl (C=O) groups excluding carboxylic acids is 2. The summed E-state index contributed by atoms with van der Waals surface area (Å²) in [5.41, 5.74) is 1.18. The maximum Gasteiger partial charge on any atom is 0.271 e. The van der Waals surface area contributed by atoms with Crippen LogP contribution in [0.2, 0.25) is 0 Å². The summed E-state index contributed by atoms with van der Waals surface area (Å²) in [6.07, 6.45) is 0.188. The van der Waals surface area contributed by atoms with E-state index in [2.05, 4.69) is 5.32 Å². The van der Waals surface area contributed by atoms with Crippen LogP contribution >= 0.6 is 0 Å². The first-order valence-corrected chi connectivity index (χ1v) is 15.1. The highest BCUT2D eigenvalue weighted by Gasteiger charge is 2.34. The predicted octanol–water partition coefficient (Wildman–Crippen LogP) is 4.57. The van der Waals surface area contributed by atoms with E-state index in [1.165, 1.54) is 35.2 Å². The number of carbonyl (C=O) groups is 2. The van der Waals surface area contributed by atoms with Gasteiger partial charge in [0.25, 0.3) is 15.7 Å². The molecule has 0 aliphatic carbocycles. The monoisotopic (exact) mass is 600 g/mol. The van der Waals surface area contributed by atoms with E-state index < -0.39 is 33.4 Å². The van der Waals surface area contributed by atoms with Crippen molar-refractivity contribution in [2.45, 2.75) is 30.8 Å². The molecule has 222 valence electrons. The summed E-state index contributed by atoms with van der Waals surface area (Å²) in [6, 6.07) is 30.0. The average Bonchev–Trinajstić information content (AvgIpc) is 3.03. The molecule has 43 heavy (non-hydrogen) atoms. The Morgan fingerprint density at radius 2 is 1.42 bits per heavy atom. The SMILES string of the molecule is CCNC(=O)C(Cc1ccccc1)N(Cc1ccccc1)C(=O)CN(c1cccc([N+](=O)[O-])c1)S(=O)(=O)c1ccccc1. The van der Waals surface area contributed by atoms with Crippen molar-refractivity contribution in [3.05, 3.63) is 137 Å². The minimum Gasteiger partial charge on any atom is -0.355 e. The number of amides is 2. The molecular formula is C32H32N4O6S. The molecular weight excluding hydrogens is 568 g/mol. The first-order chi connectivity index (χ1) is 20.7. The highest BCUT2D eigenvalue weighted by Crippen LogP contribution is 2.28. The molecule has 4 rings (SSSR count). The van der Waals surface area contributed by atoms with E-state index in [4.69, 9.17) is 0 Å². The van der Waals surface area contributed by atoms with E-state index in [0.717, 1.165) is 21.5 Å². The smallest absolute Gasteiger partial charge is 0.271 e. The highest BCUT2D eigenvalue weighted by atomic mass is 32.2. The lowest BCUT2D eigenvalue weighted by Gasteiger charge is -2.33. The van der Waals surface area contributed by atoms with Gasteiger partial charge < -0.3 is 10.2 Å². The van der Waals surface area contributed by atoms with E-state index in [1.807, 2.05) is 60.7 Å². The third kappa shape index (κ3) is 7.83. The third-order valence-corrected chi connectivity index (χ3v) is 8.54. The van der Waals surface area contributed by atoms with Crippen LogP contribution in [0.3, 0.4) is 0 Å². The number of hydrogen-bond donors (Lipinski definition) is 1. The number of anilines is 1. The molecule has 0 spiro atoms. The van der Waals surface area contributed by atoms with Gasteiger partial charge in [-0.05, 0) is 36.2 Å². The molecule has 0 aliphatic rings. The molecule has 4 aromatic carbocycles. The fraction of sp³-hybridized carbons (Fsp3) is 0.188. The highest BCUT2D eigenvalue weighted by molar-refractivity contribution is 7.92. The number of rotatable bonds is 13. The van der Waals surface area contributed by atoms with Crippen LogP contribution in [0.25, 0.3) is 0 Å². The maximum absolute atomic E-state index is 14.3. The molecule has 2 amide bonds. The number of nitrogens with zero attached hydrogens (tertiary/aromatic N) is 3. The van der Waals surface area contributed by atoms with Crippen molar-refractivity contribution in [3.63, 3.8) is 0 Å². The second-order valence-corrected chi connectivity index (χ2v) is 11.6. The first-order valence-electron chi connectivity index (χ1n) is 13.7. The van der Waals surface area contributed by atoms with Gasteiger partial charge in [-0.15, -0.1) is 0 Å². The van der Waals surface area contributed by atoms with Gasteiger partial charge in [0, 0.05) is 31.6 Å². The van der Waals surface area contributed by atoms with Crippen molar-refractivity contribution < 1.29 is 22.9 Å². The van der Waals surface area contributed by atoms with E-state index in [0.29, 0.717) is 6.54 Å². The zero-order chi connectivity index (χ0) is 30.8. The lowest BCUT2D eigenvalue weighted by Crippen LogP contribution is -2.53. The van der Waals surface area contributed by atoms with Crippen LogP contribution in [0, 0.1) is 10.1 Å². The van der Waals surface area contributed by atoms with Crippen LogP contribution in [0.5, 0.6) is 0 Å². The molecule has 0 bridgehead atoms. The lowest BCUT2D eigenvalue weighted by molar-refractivity contribution is -0.384. The Morgan fingerprint density at radius 1 is 0.837 bits per heavy atom. The van der Waals surface area contributed by atoms with E-state index in [9.17, 15) is 28.1 Å². The lowest BCUT2D eigenvalue weighted by atomic mass is 10.0. The summed E-state index contributed by atoms with van der Waals surface area (Å²) in [6.45, 7) is 1.44. The first kappa shape index (κ1) is 30.9. The number of benzene rings is 4. The molecule has 0 aliphatic heterocycles.